The van der Waals surface area contributed by atoms with E-state index >= 15 is 0 Å². The molecular formula is C11H15N3O2. The van der Waals surface area contributed by atoms with Gasteiger partial charge in [0.1, 0.15) is 0 Å². The van der Waals surface area contributed by atoms with Crippen molar-refractivity contribution in [3.05, 3.63) is 23.8 Å². The Kier molecular flexibility index (Phi) is 2.63. The van der Waals surface area contributed by atoms with E-state index in [4.69, 9.17) is 0 Å². The van der Waals surface area contributed by atoms with Crippen molar-refractivity contribution < 1.29 is 9.90 Å². The molecule has 1 aliphatic rings. The molecule has 1 aromatic heterocycles. The van der Waals surface area contributed by atoms with Crippen LogP contribution in [-0.2, 0) is 10.2 Å². The number of carboxylic acid groups (broad SMARTS) is 1. The van der Waals surface area contributed by atoms with E-state index < -0.39 is 17.3 Å². The van der Waals surface area contributed by atoms with Crippen molar-refractivity contribution in [3.63, 3.8) is 0 Å². The topological polar surface area (TPSA) is 75.1 Å². The van der Waals surface area contributed by atoms with Crippen LogP contribution in [0.3, 0.4) is 0 Å². The van der Waals surface area contributed by atoms with Gasteiger partial charge in [-0.25, -0.2) is 0 Å². The third kappa shape index (κ3) is 1.57. The maximum atomic E-state index is 11.2. The van der Waals surface area contributed by atoms with E-state index in [2.05, 4.69) is 15.3 Å². The first kappa shape index (κ1) is 11.0. The zero-order valence-corrected chi connectivity index (χ0v) is 9.40. The van der Waals surface area contributed by atoms with Gasteiger partial charge in [0.15, 0.2) is 0 Å². The number of hydrogen-bond acceptors (Lipinski definition) is 4. The molecule has 2 atom stereocenters. The van der Waals surface area contributed by atoms with E-state index in [1.165, 1.54) is 0 Å². The Morgan fingerprint density at radius 1 is 1.56 bits per heavy atom. The summed E-state index contributed by atoms with van der Waals surface area (Å²) in [5, 5.41) is 12.3. The molecule has 2 unspecified atom stereocenters. The second-order valence-electron chi connectivity index (χ2n) is 4.43. The molecule has 86 valence electrons. The average Bonchev–Trinajstić information content (AvgIpc) is 2.62. The minimum absolute atomic E-state index is 0.442. The predicted octanol–water partition coefficient (Wildman–Crippen LogP) is 0.347. The fourth-order valence-electron chi connectivity index (χ4n) is 2.40. The largest absolute Gasteiger partial charge is 0.481 e. The summed E-state index contributed by atoms with van der Waals surface area (Å²) in [6.45, 7) is 4.92. The molecule has 16 heavy (non-hydrogen) atoms. The molecule has 2 N–H and O–H groups in total. The standard InChI is InChI=1S/C11H15N3O2/c1-7-9(14-4-3-13-7)11(2)6-12-5-8(11)10(15)16/h3-4,8,12H,5-6H2,1-2H3,(H,15,16). The second-order valence-corrected chi connectivity index (χ2v) is 4.43. The van der Waals surface area contributed by atoms with Crippen LogP contribution in [0.2, 0.25) is 0 Å². The molecule has 1 aliphatic heterocycles. The fraction of sp³-hybridized carbons (Fsp3) is 0.545. The first-order valence-electron chi connectivity index (χ1n) is 5.27. The Morgan fingerprint density at radius 3 is 2.88 bits per heavy atom. The summed E-state index contributed by atoms with van der Waals surface area (Å²) in [5.74, 6) is -1.22. The molecule has 0 radical (unpaired) electrons. The molecule has 0 aliphatic carbocycles. The van der Waals surface area contributed by atoms with Gasteiger partial charge in [-0.1, -0.05) is 6.92 Å². The summed E-state index contributed by atoms with van der Waals surface area (Å²) in [5.41, 5.74) is 1.12. The molecule has 1 aromatic rings. The van der Waals surface area contributed by atoms with E-state index in [0.29, 0.717) is 13.1 Å². The van der Waals surface area contributed by atoms with Gasteiger partial charge in [-0.15, -0.1) is 0 Å². The Morgan fingerprint density at radius 2 is 2.25 bits per heavy atom. The molecule has 2 heterocycles. The third-order valence-electron chi connectivity index (χ3n) is 3.33. The van der Waals surface area contributed by atoms with Crippen LogP contribution < -0.4 is 5.32 Å². The molecule has 1 fully saturated rings. The number of hydrogen-bond donors (Lipinski definition) is 2. The number of carboxylic acids is 1. The Bertz CT molecular complexity index is 421. The first-order chi connectivity index (χ1) is 7.55. The minimum Gasteiger partial charge on any atom is -0.481 e. The van der Waals surface area contributed by atoms with Crippen LogP contribution in [-0.4, -0.2) is 34.1 Å². The summed E-state index contributed by atoms with van der Waals surface area (Å²) in [4.78, 5) is 19.7. The highest BCUT2D eigenvalue weighted by atomic mass is 16.4. The van der Waals surface area contributed by atoms with Crippen LogP contribution in [0.25, 0.3) is 0 Å². The molecule has 5 heteroatoms. The van der Waals surface area contributed by atoms with Crippen molar-refractivity contribution in [1.82, 2.24) is 15.3 Å². The highest BCUT2D eigenvalue weighted by Gasteiger charge is 2.46. The number of nitrogens with zero attached hydrogens (tertiary/aromatic N) is 2. The van der Waals surface area contributed by atoms with Crippen molar-refractivity contribution in [3.8, 4) is 0 Å². The van der Waals surface area contributed by atoms with Crippen LogP contribution in [0.15, 0.2) is 12.4 Å². The van der Waals surface area contributed by atoms with Gasteiger partial charge < -0.3 is 10.4 Å². The number of carbonyl (C=O) groups is 1. The lowest BCUT2D eigenvalue weighted by Gasteiger charge is -2.28. The van der Waals surface area contributed by atoms with Crippen LogP contribution >= 0.6 is 0 Å². The SMILES string of the molecule is Cc1nccnc1C1(C)CNCC1C(=O)O. The van der Waals surface area contributed by atoms with Crippen molar-refractivity contribution in [2.75, 3.05) is 13.1 Å². The molecule has 1 saturated heterocycles. The lowest BCUT2D eigenvalue weighted by Crippen LogP contribution is -2.38. The lowest BCUT2D eigenvalue weighted by molar-refractivity contribution is -0.142. The van der Waals surface area contributed by atoms with Crippen molar-refractivity contribution in [2.24, 2.45) is 5.92 Å². The number of aryl methyl sites for hydroxylation is 1. The molecule has 0 saturated carbocycles. The quantitative estimate of drug-likeness (QED) is 0.753. The van der Waals surface area contributed by atoms with Gasteiger partial charge in [0.05, 0.1) is 17.3 Å². The van der Waals surface area contributed by atoms with E-state index in [1.54, 1.807) is 12.4 Å². The zero-order valence-electron chi connectivity index (χ0n) is 9.40. The fourth-order valence-corrected chi connectivity index (χ4v) is 2.40. The molecule has 0 amide bonds. The number of rotatable bonds is 2. The van der Waals surface area contributed by atoms with Crippen molar-refractivity contribution in [1.29, 1.82) is 0 Å². The predicted molar refractivity (Wildman–Crippen MR) is 58.1 cm³/mol. The van der Waals surface area contributed by atoms with Crippen LogP contribution in [0.1, 0.15) is 18.3 Å². The highest BCUT2D eigenvalue weighted by molar-refractivity contribution is 5.73. The summed E-state index contributed by atoms with van der Waals surface area (Å²) >= 11 is 0. The Labute approximate surface area is 93.9 Å². The van der Waals surface area contributed by atoms with E-state index in [0.717, 1.165) is 11.4 Å². The molecule has 0 spiro atoms. The van der Waals surface area contributed by atoms with Gasteiger partial charge in [0, 0.05) is 30.9 Å². The van der Waals surface area contributed by atoms with Gasteiger partial charge in [-0.05, 0) is 6.92 Å². The van der Waals surface area contributed by atoms with Gasteiger partial charge in [0.25, 0.3) is 0 Å². The Hall–Kier alpha value is -1.49. The zero-order chi connectivity index (χ0) is 11.8. The number of aromatic nitrogens is 2. The number of nitrogens with one attached hydrogen (secondary N) is 1. The van der Waals surface area contributed by atoms with Gasteiger partial charge in [-0.2, -0.15) is 0 Å². The van der Waals surface area contributed by atoms with Crippen LogP contribution in [0, 0.1) is 12.8 Å². The Balaban J connectivity index is 2.45. The summed E-state index contributed by atoms with van der Waals surface area (Å²) in [6, 6.07) is 0. The van der Waals surface area contributed by atoms with Crippen LogP contribution in [0.5, 0.6) is 0 Å². The van der Waals surface area contributed by atoms with Gasteiger partial charge in [-0.3, -0.25) is 14.8 Å². The maximum absolute atomic E-state index is 11.2. The van der Waals surface area contributed by atoms with E-state index in [1.807, 2.05) is 13.8 Å². The smallest absolute Gasteiger partial charge is 0.308 e. The van der Waals surface area contributed by atoms with E-state index in [9.17, 15) is 9.90 Å². The van der Waals surface area contributed by atoms with E-state index in [-0.39, 0.29) is 0 Å². The summed E-state index contributed by atoms with van der Waals surface area (Å²) in [7, 11) is 0. The van der Waals surface area contributed by atoms with Gasteiger partial charge >= 0.3 is 5.97 Å². The molecular weight excluding hydrogens is 206 g/mol. The monoisotopic (exact) mass is 221 g/mol. The van der Waals surface area contributed by atoms with Crippen molar-refractivity contribution >= 4 is 5.97 Å². The normalized spacial score (nSPS) is 29.2. The minimum atomic E-state index is -0.780. The molecule has 0 bridgehead atoms. The molecule has 5 nitrogen and oxygen atoms in total. The van der Waals surface area contributed by atoms with Crippen molar-refractivity contribution in [2.45, 2.75) is 19.3 Å². The summed E-state index contributed by atoms with van der Waals surface area (Å²) in [6.07, 6.45) is 3.24. The molecule has 0 aromatic carbocycles. The highest BCUT2D eigenvalue weighted by Crippen LogP contribution is 2.35. The third-order valence-corrected chi connectivity index (χ3v) is 3.33. The lowest BCUT2D eigenvalue weighted by atomic mass is 9.76. The second kappa shape index (κ2) is 3.83. The first-order valence-corrected chi connectivity index (χ1v) is 5.27. The van der Waals surface area contributed by atoms with Gasteiger partial charge in [0.2, 0.25) is 0 Å². The average molecular weight is 221 g/mol. The maximum Gasteiger partial charge on any atom is 0.308 e. The number of aliphatic carboxylic acids is 1. The van der Waals surface area contributed by atoms with Crippen LogP contribution in [0.4, 0.5) is 0 Å². The summed E-state index contributed by atoms with van der Waals surface area (Å²) < 4.78 is 0. The molecule has 2 rings (SSSR count).